The summed E-state index contributed by atoms with van der Waals surface area (Å²) in [5, 5.41) is 17.8. The Morgan fingerprint density at radius 2 is 1.81 bits per heavy atom. The summed E-state index contributed by atoms with van der Waals surface area (Å²) in [7, 11) is 3.81. The molecule has 1 unspecified atom stereocenters. The van der Waals surface area contributed by atoms with Crippen LogP contribution in [0.2, 0.25) is 0 Å². The van der Waals surface area contributed by atoms with Crippen molar-refractivity contribution in [1.29, 1.82) is 0 Å². The first-order chi connectivity index (χ1) is 20.5. The van der Waals surface area contributed by atoms with Gasteiger partial charge in [-0.3, -0.25) is 10.2 Å². The maximum Gasteiger partial charge on any atom is 0.227 e. The van der Waals surface area contributed by atoms with E-state index in [9.17, 15) is 5.11 Å². The lowest BCUT2D eigenvalue weighted by atomic mass is 9.94. The molecule has 42 heavy (non-hydrogen) atoms. The number of methoxy groups -OCH3 is 1. The monoisotopic (exact) mass is 573 g/mol. The highest BCUT2D eigenvalue weighted by atomic mass is 16.5. The maximum absolute atomic E-state index is 10.9. The Morgan fingerprint density at radius 1 is 0.976 bits per heavy atom. The maximum atomic E-state index is 10.9. The van der Waals surface area contributed by atoms with Gasteiger partial charge in [0.1, 0.15) is 12.0 Å². The molecular formula is C32H43N7O3. The topological polar surface area (TPSA) is 98.3 Å². The highest BCUT2D eigenvalue weighted by Gasteiger charge is 2.25. The number of hydrogen-bond acceptors (Lipinski definition) is 10. The largest absolute Gasteiger partial charge is 0.496 e. The number of ether oxygens (including phenoxy) is 2. The molecule has 2 aromatic carbocycles. The number of hydrogen-bond donors (Lipinski definition) is 3. The number of benzene rings is 2. The van der Waals surface area contributed by atoms with Crippen molar-refractivity contribution in [3.63, 3.8) is 0 Å². The third kappa shape index (κ3) is 7.02. The molecule has 5 heterocycles. The fourth-order valence-electron chi connectivity index (χ4n) is 6.24. The Balaban J connectivity index is 1.34. The summed E-state index contributed by atoms with van der Waals surface area (Å²) in [5.41, 5.74) is 6.37. The molecule has 224 valence electrons. The number of piperidine rings is 1. The molecule has 10 heteroatoms. The number of aromatic nitrogens is 2. The normalized spacial score (nSPS) is 24.0. The molecule has 2 saturated heterocycles. The summed E-state index contributed by atoms with van der Waals surface area (Å²) in [4.78, 5) is 16.6. The molecule has 2 fully saturated rings. The third-order valence-corrected chi connectivity index (χ3v) is 8.61. The van der Waals surface area contributed by atoms with E-state index < -0.39 is 6.23 Å². The van der Waals surface area contributed by atoms with Gasteiger partial charge in [0.05, 0.1) is 26.0 Å². The van der Waals surface area contributed by atoms with Crippen LogP contribution in [-0.4, -0.2) is 97.7 Å². The first-order valence-electron chi connectivity index (χ1n) is 15.1. The van der Waals surface area contributed by atoms with Crippen LogP contribution in [0, 0.1) is 5.92 Å². The minimum absolute atomic E-state index is 0.262. The van der Waals surface area contributed by atoms with E-state index in [4.69, 9.17) is 14.5 Å². The number of fused-ring (bicyclic) bond motifs is 7. The Bertz CT molecular complexity index is 1340. The van der Waals surface area contributed by atoms with Crippen molar-refractivity contribution in [1.82, 2.24) is 25.1 Å². The first kappa shape index (κ1) is 28.8. The summed E-state index contributed by atoms with van der Waals surface area (Å²) in [6, 6.07) is 14.9. The van der Waals surface area contributed by atoms with Gasteiger partial charge in [0.15, 0.2) is 0 Å². The number of anilines is 3. The van der Waals surface area contributed by atoms with Crippen molar-refractivity contribution < 1.29 is 14.6 Å². The predicted octanol–water partition coefficient (Wildman–Crippen LogP) is 3.30. The summed E-state index contributed by atoms with van der Waals surface area (Å²) in [5.74, 6) is 1.68. The van der Waals surface area contributed by atoms with Gasteiger partial charge in [-0.15, -0.1) is 0 Å². The summed E-state index contributed by atoms with van der Waals surface area (Å²) in [6.45, 7) is 8.28. The zero-order chi connectivity index (χ0) is 28.9. The van der Waals surface area contributed by atoms with Gasteiger partial charge in [-0.25, -0.2) is 9.97 Å². The lowest BCUT2D eigenvalue weighted by molar-refractivity contribution is 0.0329. The van der Waals surface area contributed by atoms with Gasteiger partial charge < -0.3 is 29.7 Å². The minimum atomic E-state index is -0.488. The van der Waals surface area contributed by atoms with Crippen LogP contribution in [0.1, 0.15) is 24.0 Å². The number of morpholine rings is 1. The van der Waals surface area contributed by atoms with E-state index in [1.807, 2.05) is 24.4 Å². The molecule has 3 N–H and O–H groups in total. The zero-order valence-corrected chi connectivity index (χ0v) is 24.8. The van der Waals surface area contributed by atoms with Crippen LogP contribution >= 0.6 is 0 Å². The van der Waals surface area contributed by atoms with Crippen LogP contribution in [0.15, 0.2) is 48.7 Å². The highest BCUT2D eigenvalue weighted by Crippen LogP contribution is 2.30. The fraction of sp³-hybridized carbons (Fsp3) is 0.500. The second-order valence-electron chi connectivity index (χ2n) is 11.7. The number of aliphatic hydroxyl groups excluding tert-OH is 1. The average Bonchev–Trinajstić information content (AvgIpc) is 3.01. The first-order valence-corrected chi connectivity index (χ1v) is 15.1. The van der Waals surface area contributed by atoms with Crippen LogP contribution in [0.5, 0.6) is 5.75 Å². The molecule has 0 spiro atoms. The molecule has 10 nitrogen and oxygen atoms in total. The molecular weight excluding hydrogens is 530 g/mol. The Labute approximate surface area is 248 Å². The van der Waals surface area contributed by atoms with Crippen LogP contribution in [-0.2, 0) is 17.8 Å². The Hall–Kier alpha value is -3.28. The van der Waals surface area contributed by atoms with Gasteiger partial charge in [0.25, 0.3) is 0 Å². The van der Waals surface area contributed by atoms with Gasteiger partial charge in [-0.05, 0) is 81.0 Å². The number of aliphatic hydroxyl groups is 1. The van der Waals surface area contributed by atoms with Gasteiger partial charge in [0, 0.05) is 73.9 Å². The van der Waals surface area contributed by atoms with Crippen molar-refractivity contribution in [3.8, 4) is 17.0 Å². The lowest BCUT2D eigenvalue weighted by Crippen LogP contribution is -2.44. The van der Waals surface area contributed by atoms with E-state index in [0.717, 1.165) is 107 Å². The van der Waals surface area contributed by atoms with E-state index in [2.05, 4.69) is 61.6 Å². The molecule has 7 rings (SSSR count). The summed E-state index contributed by atoms with van der Waals surface area (Å²) in [6.07, 6.45) is 3.27. The second-order valence-corrected chi connectivity index (χ2v) is 11.7. The smallest absolute Gasteiger partial charge is 0.227 e. The van der Waals surface area contributed by atoms with Crippen molar-refractivity contribution in [3.05, 3.63) is 59.8 Å². The van der Waals surface area contributed by atoms with Crippen LogP contribution in [0.4, 0.5) is 17.3 Å². The van der Waals surface area contributed by atoms with Crippen molar-refractivity contribution in [2.75, 3.05) is 76.9 Å². The van der Waals surface area contributed by atoms with E-state index in [0.29, 0.717) is 5.95 Å². The van der Waals surface area contributed by atoms with Crippen LogP contribution < -0.4 is 20.3 Å². The van der Waals surface area contributed by atoms with Crippen LogP contribution in [0.25, 0.3) is 11.3 Å². The van der Waals surface area contributed by atoms with Gasteiger partial charge in [0.2, 0.25) is 5.95 Å². The average molecular weight is 574 g/mol. The Kier molecular flexibility index (Phi) is 9.16. The van der Waals surface area contributed by atoms with Gasteiger partial charge in [-0.2, -0.15) is 0 Å². The molecule has 1 atom stereocenters. The zero-order valence-electron chi connectivity index (χ0n) is 24.8. The quantitative estimate of drug-likeness (QED) is 0.424. The summed E-state index contributed by atoms with van der Waals surface area (Å²) >= 11 is 0. The Morgan fingerprint density at radius 3 is 2.62 bits per heavy atom. The molecule has 0 aliphatic carbocycles. The standard InChI is InChI=1S/C32H43N7O3/c1-37-12-9-33-31(40)24-6-10-38(11-7-24)21-23-17-27(20-28(18-23)39-13-15-42-16-14-39)35-32-34-8-5-29(36-32)25-3-4-30(41-2)26(19-25)22-37/h3-5,8,17-20,24,31,33,40H,6-7,9-16,21-22H2,1-2H3,(H,34,35,36). The van der Waals surface area contributed by atoms with E-state index in [1.54, 1.807) is 7.11 Å². The van der Waals surface area contributed by atoms with Crippen molar-refractivity contribution in [2.24, 2.45) is 5.92 Å². The van der Waals surface area contributed by atoms with Gasteiger partial charge in [-0.1, -0.05) is 0 Å². The molecule has 4 aliphatic rings. The lowest BCUT2D eigenvalue weighted by Gasteiger charge is -2.35. The molecule has 0 radical (unpaired) electrons. The molecule has 3 aromatic rings. The molecule has 0 saturated carbocycles. The van der Waals surface area contributed by atoms with E-state index >= 15 is 0 Å². The molecule has 8 bridgehead atoms. The molecule has 0 amide bonds. The predicted molar refractivity (Wildman–Crippen MR) is 165 cm³/mol. The van der Waals surface area contributed by atoms with E-state index in [-0.39, 0.29) is 5.92 Å². The number of nitrogens with one attached hydrogen (secondary N) is 2. The molecule has 1 aromatic heterocycles. The molecule has 4 aliphatic heterocycles. The van der Waals surface area contributed by atoms with Crippen LogP contribution in [0.3, 0.4) is 0 Å². The van der Waals surface area contributed by atoms with Crippen molar-refractivity contribution in [2.45, 2.75) is 32.2 Å². The number of likely N-dealkylation sites (N-methyl/N-ethyl adjacent to an activating group) is 1. The van der Waals surface area contributed by atoms with Gasteiger partial charge >= 0.3 is 0 Å². The fourth-order valence-corrected chi connectivity index (χ4v) is 6.24. The summed E-state index contributed by atoms with van der Waals surface area (Å²) < 4.78 is 11.3. The number of rotatable bonds is 2. The SMILES string of the molecule is COc1ccc2cc1CN(C)CCNC(O)C1CCN(CC1)Cc1cc(cc(N3CCOCC3)c1)Nc1nccc-2n1. The highest BCUT2D eigenvalue weighted by molar-refractivity contribution is 5.67. The number of nitrogens with zero attached hydrogens (tertiary/aromatic N) is 5. The van der Waals surface area contributed by atoms with E-state index in [1.165, 1.54) is 11.3 Å². The second kappa shape index (κ2) is 13.4. The minimum Gasteiger partial charge on any atom is -0.496 e. The third-order valence-electron chi connectivity index (χ3n) is 8.61. The van der Waals surface area contributed by atoms with Crippen molar-refractivity contribution >= 4 is 17.3 Å².